The van der Waals surface area contributed by atoms with Gasteiger partial charge >= 0.3 is 12.4 Å². The van der Waals surface area contributed by atoms with Gasteiger partial charge in [-0.05, 0) is 64.7 Å². The summed E-state index contributed by atoms with van der Waals surface area (Å²) in [6.07, 6.45) is -5.05. The summed E-state index contributed by atoms with van der Waals surface area (Å²) in [4.78, 5) is 19.9. The van der Waals surface area contributed by atoms with Crippen LogP contribution in [0.15, 0.2) is 55.2 Å². The summed E-state index contributed by atoms with van der Waals surface area (Å²) in [7, 11) is 3.92. The van der Waals surface area contributed by atoms with E-state index in [1.165, 1.54) is 18.2 Å². The maximum absolute atomic E-state index is 13.4. The largest absolute Gasteiger partial charge is 0.417 e. The summed E-state index contributed by atoms with van der Waals surface area (Å²) in [5.74, 6) is 1.01. The van der Waals surface area contributed by atoms with Gasteiger partial charge in [0.2, 0.25) is 0 Å². The molecule has 0 bridgehead atoms. The van der Waals surface area contributed by atoms with Gasteiger partial charge in [-0.25, -0.2) is 9.38 Å². The van der Waals surface area contributed by atoms with E-state index in [0.29, 0.717) is 41.5 Å². The number of piperazine rings is 1. The second kappa shape index (κ2) is 11.5. The summed E-state index contributed by atoms with van der Waals surface area (Å²) in [5.41, 5.74) is 0.471. The molecule has 1 fully saturated rings. The Morgan fingerprint density at radius 2 is 1.52 bits per heavy atom. The number of rotatable bonds is 6. The molecule has 0 amide bonds. The van der Waals surface area contributed by atoms with Crippen molar-refractivity contribution >= 4 is 22.8 Å². The molecule has 6 rings (SSSR count). The number of halogens is 6. The van der Waals surface area contributed by atoms with Crippen LogP contribution in [-0.2, 0) is 12.4 Å². The molecular weight excluding hydrogens is 614 g/mol. The van der Waals surface area contributed by atoms with Crippen molar-refractivity contribution < 1.29 is 26.3 Å². The molecule has 0 saturated carbocycles. The van der Waals surface area contributed by atoms with Gasteiger partial charge < -0.3 is 4.90 Å². The van der Waals surface area contributed by atoms with E-state index in [2.05, 4.69) is 25.0 Å². The van der Waals surface area contributed by atoms with Crippen molar-refractivity contribution in [3.05, 3.63) is 77.6 Å². The lowest BCUT2D eigenvalue weighted by Gasteiger charge is -2.47. The van der Waals surface area contributed by atoms with Crippen molar-refractivity contribution in [1.82, 2.24) is 43.9 Å². The van der Waals surface area contributed by atoms with Gasteiger partial charge in [-0.3, -0.25) is 19.4 Å². The highest BCUT2D eigenvalue weighted by Gasteiger charge is 2.39. The summed E-state index contributed by atoms with van der Waals surface area (Å²) >= 11 is 0. The molecular formula is C30H32F6N10. The molecule has 1 aliphatic rings. The fourth-order valence-electron chi connectivity index (χ4n) is 6.01. The maximum atomic E-state index is 13.4. The Kier molecular flexibility index (Phi) is 7.91. The number of imidazole rings is 1. The highest BCUT2D eigenvalue weighted by Crippen LogP contribution is 2.38. The van der Waals surface area contributed by atoms with Crippen molar-refractivity contribution in [1.29, 1.82) is 0 Å². The fraction of sp³-hybridized carbons (Fsp3) is 0.433. The molecule has 0 N–H and O–H groups in total. The van der Waals surface area contributed by atoms with Gasteiger partial charge in [0.05, 0.1) is 35.4 Å². The summed E-state index contributed by atoms with van der Waals surface area (Å²) in [5, 5.41) is 8.27. The summed E-state index contributed by atoms with van der Waals surface area (Å²) in [6.45, 7) is 6.81. The second-order valence-electron chi connectivity index (χ2n) is 11.9. The average molecular weight is 647 g/mol. The van der Waals surface area contributed by atoms with E-state index >= 15 is 0 Å². The van der Waals surface area contributed by atoms with Crippen LogP contribution in [0, 0.1) is 0 Å². The van der Waals surface area contributed by atoms with E-state index in [0.717, 1.165) is 30.0 Å². The van der Waals surface area contributed by atoms with Gasteiger partial charge in [0.1, 0.15) is 11.8 Å². The molecule has 1 unspecified atom stereocenters. The molecule has 46 heavy (non-hydrogen) atoms. The van der Waals surface area contributed by atoms with E-state index in [-0.39, 0.29) is 18.2 Å². The van der Waals surface area contributed by atoms with Crippen molar-refractivity contribution in [3.8, 4) is 0 Å². The SMILES string of the molecule is CC(N(C)C)n1cnc2c(N3C[C@@H](C)N([C@@H](c4ccc(C(F)(F)F)cc4)c4ccc(C(F)(F)F)cn4)C[C@@H]3C)nc3nncn3c21. The minimum atomic E-state index is -4.58. The minimum absolute atomic E-state index is 0.0419. The smallest absolute Gasteiger partial charge is 0.349 e. The number of pyridine rings is 1. The third-order valence-corrected chi connectivity index (χ3v) is 8.68. The first-order valence-corrected chi connectivity index (χ1v) is 14.6. The minimum Gasteiger partial charge on any atom is -0.349 e. The zero-order chi connectivity index (χ0) is 33.1. The molecule has 5 aromatic rings. The van der Waals surface area contributed by atoms with Crippen molar-refractivity contribution in [2.45, 2.75) is 57.4 Å². The quantitative estimate of drug-likeness (QED) is 0.218. The van der Waals surface area contributed by atoms with E-state index < -0.39 is 29.5 Å². The first-order chi connectivity index (χ1) is 21.6. The van der Waals surface area contributed by atoms with E-state index in [9.17, 15) is 26.3 Å². The summed E-state index contributed by atoms with van der Waals surface area (Å²) < 4.78 is 84.0. The molecule has 0 radical (unpaired) electrons. The summed E-state index contributed by atoms with van der Waals surface area (Å²) in [6, 6.07) is 5.78. The molecule has 0 spiro atoms. The number of aromatic nitrogens is 7. The van der Waals surface area contributed by atoms with Crippen LogP contribution in [0.4, 0.5) is 32.2 Å². The third kappa shape index (κ3) is 5.63. The average Bonchev–Trinajstić information content (AvgIpc) is 3.65. The molecule has 4 aromatic heterocycles. The Labute approximate surface area is 260 Å². The molecule has 1 aliphatic heterocycles. The number of anilines is 1. The normalized spacial score (nSPS) is 19.8. The first kappa shape index (κ1) is 31.7. The van der Waals surface area contributed by atoms with E-state index in [4.69, 9.17) is 9.97 Å². The van der Waals surface area contributed by atoms with Crippen LogP contribution in [0.25, 0.3) is 16.9 Å². The second-order valence-corrected chi connectivity index (χ2v) is 11.9. The van der Waals surface area contributed by atoms with Crippen molar-refractivity contribution in [2.75, 3.05) is 32.1 Å². The van der Waals surface area contributed by atoms with Crippen molar-refractivity contribution in [3.63, 3.8) is 0 Å². The topological polar surface area (TPSA) is 83.5 Å². The Balaban J connectivity index is 1.39. The lowest BCUT2D eigenvalue weighted by molar-refractivity contribution is -0.138. The van der Waals surface area contributed by atoms with Gasteiger partial charge in [-0.1, -0.05) is 12.1 Å². The van der Waals surface area contributed by atoms with Gasteiger partial charge in [0, 0.05) is 31.4 Å². The number of alkyl halides is 6. The zero-order valence-electron chi connectivity index (χ0n) is 25.7. The predicted molar refractivity (Wildman–Crippen MR) is 158 cm³/mol. The molecule has 4 atom stereocenters. The number of fused-ring (bicyclic) bond motifs is 3. The van der Waals surface area contributed by atoms with Crippen LogP contribution < -0.4 is 4.90 Å². The van der Waals surface area contributed by atoms with Gasteiger partial charge in [0.15, 0.2) is 11.5 Å². The third-order valence-electron chi connectivity index (χ3n) is 8.68. The van der Waals surface area contributed by atoms with E-state index in [1.807, 2.05) is 44.3 Å². The Morgan fingerprint density at radius 3 is 2.13 bits per heavy atom. The lowest BCUT2D eigenvalue weighted by atomic mass is 9.95. The first-order valence-electron chi connectivity index (χ1n) is 14.6. The Bertz CT molecular complexity index is 1770. The van der Waals surface area contributed by atoms with Gasteiger partial charge in [-0.15, -0.1) is 10.2 Å². The number of nitrogens with zero attached hydrogens (tertiary/aromatic N) is 10. The number of hydrogen-bond donors (Lipinski definition) is 0. The lowest BCUT2D eigenvalue weighted by Crippen LogP contribution is -2.57. The molecule has 5 heterocycles. The predicted octanol–water partition coefficient (Wildman–Crippen LogP) is 5.68. The van der Waals surface area contributed by atoms with Gasteiger partial charge in [-0.2, -0.15) is 31.3 Å². The van der Waals surface area contributed by atoms with Crippen LogP contribution in [-0.4, -0.2) is 83.2 Å². The van der Waals surface area contributed by atoms with Crippen LogP contribution in [0.3, 0.4) is 0 Å². The molecule has 16 heteroatoms. The number of hydrogen-bond acceptors (Lipinski definition) is 8. The molecule has 10 nitrogen and oxygen atoms in total. The maximum Gasteiger partial charge on any atom is 0.417 e. The molecule has 1 aromatic carbocycles. The van der Waals surface area contributed by atoms with Crippen LogP contribution in [0.5, 0.6) is 0 Å². The Morgan fingerprint density at radius 1 is 0.848 bits per heavy atom. The molecule has 244 valence electrons. The zero-order valence-corrected chi connectivity index (χ0v) is 25.7. The fourth-order valence-corrected chi connectivity index (χ4v) is 6.01. The van der Waals surface area contributed by atoms with E-state index in [1.54, 1.807) is 17.1 Å². The highest BCUT2D eigenvalue weighted by atomic mass is 19.4. The highest BCUT2D eigenvalue weighted by molar-refractivity contribution is 5.86. The Hall–Kier alpha value is -4.31. The standard InChI is InChI=1S/C30H32F6N10/c1-17-14-44(26-24-27(46-16-39-41-28(46)40-26)45(15-38-24)19(3)42(4)5)18(2)13-43(17)25(20-6-8-21(9-7-20)29(31,32)33)23-11-10-22(12-37-23)30(34,35)36/h6-12,15-19,25H,13-14H2,1-5H3/t17-,18+,19?,25+/m1/s1. The molecule has 1 saturated heterocycles. The number of benzene rings is 1. The van der Waals surface area contributed by atoms with Crippen molar-refractivity contribution in [2.24, 2.45) is 0 Å². The van der Waals surface area contributed by atoms with Crippen LogP contribution in [0.1, 0.15) is 55.4 Å². The van der Waals surface area contributed by atoms with Gasteiger partial charge in [0.25, 0.3) is 5.78 Å². The molecule has 0 aliphatic carbocycles. The van der Waals surface area contributed by atoms with Crippen LogP contribution >= 0.6 is 0 Å². The van der Waals surface area contributed by atoms with Crippen LogP contribution in [0.2, 0.25) is 0 Å². The monoisotopic (exact) mass is 646 g/mol.